The van der Waals surface area contributed by atoms with Crippen LogP contribution >= 0.6 is 23.2 Å². The van der Waals surface area contributed by atoms with E-state index in [-0.39, 0.29) is 137 Å². The van der Waals surface area contributed by atoms with Crippen LogP contribution in [-0.4, -0.2) is 195 Å². The molecule has 0 saturated carbocycles. The number of sulfonamides is 2. The second-order valence-corrected chi connectivity index (χ2v) is 25.6. The number of amidine groups is 2. The summed E-state index contributed by atoms with van der Waals surface area (Å²) in [6.07, 6.45) is 1.20. The molecule has 4 aromatic rings. The first kappa shape index (κ1) is 53.9. The number of carbonyl (C=O) groups excluding carboxylic acids is 1. The van der Waals surface area contributed by atoms with E-state index in [9.17, 15) is 30.0 Å². The van der Waals surface area contributed by atoms with Gasteiger partial charge in [-0.2, -0.15) is 13.2 Å². The highest BCUT2D eigenvalue weighted by atomic mass is 35.5. The minimum absolute atomic E-state index is 0.0143. The van der Waals surface area contributed by atoms with Gasteiger partial charge in [-0.3, -0.25) is 14.8 Å². The molecule has 3 saturated heterocycles. The zero-order chi connectivity index (χ0) is 52.4. The SMILES string of the molecule is CCOc1cc(S(=O)(=O)N2CCOCC2)ccc1C1=NC(c2ccc(Cl)cc2)CN1[C@H]1CN(C=O)CC[N@@+]1(CCS(C)(=O)=O)N1CC(c2ccc(Cl)cc2)N=C1c1ccc(S(=O)(=O)N2CCOCC2)cc1OCC. The Kier molecular flexibility index (Phi) is 16.3. The van der Waals surface area contributed by atoms with Crippen LogP contribution in [0, 0.1) is 0 Å². The largest absolute Gasteiger partial charge is 0.493 e. The van der Waals surface area contributed by atoms with Crippen molar-refractivity contribution in [1.82, 2.24) is 23.4 Å². The van der Waals surface area contributed by atoms with Gasteiger partial charge in [-0.25, -0.2) is 30.3 Å². The molecule has 0 N–H and O–H groups in total. The molecule has 4 aromatic carbocycles. The molecule has 3 fully saturated rings. The van der Waals surface area contributed by atoms with Crippen molar-refractivity contribution >= 4 is 71.2 Å². The van der Waals surface area contributed by atoms with Crippen LogP contribution in [0.1, 0.15) is 48.2 Å². The molecule has 398 valence electrons. The number of hydrogen-bond donors (Lipinski definition) is 0. The number of quaternary nitrogens is 1. The van der Waals surface area contributed by atoms with Crippen LogP contribution in [0.5, 0.6) is 11.5 Å². The van der Waals surface area contributed by atoms with Gasteiger partial charge in [0.2, 0.25) is 32.6 Å². The lowest BCUT2D eigenvalue weighted by molar-refractivity contribution is -1.05. The maximum absolute atomic E-state index is 14.1. The Balaban J connectivity index is 1.23. The third-order valence-corrected chi connectivity index (χ3v) is 19.3. The monoisotopic (exact) mass is 1120 g/mol. The molecular formula is C50H61Cl2N8O11S3+. The van der Waals surface area contributed by atoms with Crippen LogP contribution in [0.2, 0.25) is 10.0 Å². The Morgan fingerprint density at radius 2 is 1.12 bits per heavy atom. The highest BCUT2D eigenvalue weighted by Gasteiger charge is 2.56. The molecule has 9 rings (SSSR count). The molecular weight excluding hydrogens is 1060 g/mol. The van der Waals surface area contributed by atoms with Gasteiger partial charge in [0.25, 0.3) is 0 Å². The van der Waals surface area contributed by atoms with Gasteiger partial charge in [0, 0.05) is 54.6 Å². The molecule has 0 aliphatic carbocycles. The Bertz CT molecular complexity index is 3110. The predicted molar refractivity (Wildman–Crippen MR) is 280 cm³/mol. The number of aliphatic imine (C=N–C) groups is 2. The van der Waals surface area contributed by atoms with Crippen molar-refractivity contribution in [3.05, 3.63) is 117 Å². The van der Waals surface area contributed by atoms with Gasteiger partial charge >= 0.3 is 0 Å². The van der Waals surface area contributed by atoms with Crippen LogP contribution in [0.15, 0.2) is 105 Å². The number of benzene rings is 4. The lowest BCUT2D eigenvalue weighted by atomic mass is 10.1. The number of hydrogen-bond acceptors (Lipinski definition) is 15. The second-order valence-electron chi connectivity index (χ2n) is 18.6. The van der Waals surface area contributed by atoms with Crippen LogP contribution in [0.3, 0.4) is 0 Å². The van der Waals surface area contributed by atoms with E-state index in [1.165, 1.54) is 27.0 Å². The van der Waals surface area contributed by atoms with Gasteiger partial charge in [0.05, 0.1) is 92.8 Å². The summed E-state index contributed by atoms with van der Waals surface area (Å²) >= 11 is 12.8. The fraction of sp³-hybridized carbons (Fsp3) is 0.460. The normalized spacial score (nSPS) is 23.4. The molecule has 0 aromatic heterocycles. The lowest BCUT2D eigenvalue weighted by Gasteiger charge is -2.56. The predicted octanol–water partition coefficient (Wildman–Crippen LogP) is 4.71. The number of ether oxygens (including phenoxy) is 4. The Labute approximate surface area is 443 Å². The molecule has 0 bridgehead atoms. The minimum Gasteiger partial charge on any atom is -0.493 e. The third-order valence-electron chi connectivity index (χ3n) is 14.1. The first-order valence-electron chi connectivity index (χ1n) is 24.6. The Morgan fingerprint density at radius 3 is 1.59 bits per heavy atom. The van der Waals surface area contributed by atoms with Gasteiger partial charge in [0.15, 0.2) is 15.7 Å². The molecule has 1 amide bonds. The second kappa shape index (κ2) is 22.4. The van der Waals surface area contributed by atoms with E-state index in [1.54, 1.807) is 67.3 Å². The fourth-order valence-electron chi connectivity index (χ4n) is 10.3. The number of nitrogens with zero attached hydrogens (tertiary/aromatic N) is 8. The highest BCUT2D eigenvalue weighted by molar-refractivity contribution is 7.90. The molecule has 5 aliphatic heterocycles. The van der Waals surface area contributed by atoms with Crippen LogP contribution < -0.4 is 9.47 Å². The summed E-state index contributed by atoms with van der Waals surface area (Å²) in [7, 11) is -11.6. The lowest BCUT2D eigenvalue weighted by Crippen LogP contribution is -2.77. The summed E-state index contributed by atoms with van der Waals surface area (Å²) in [5, 5.41) is 3.14. The average molecular weight is 1120 g/mol. The first-order valence-corrected chi connectivity index (χ1v) is 30.3. The van der Waals surface area contributed by atoms with Crippen LogP contribution in [0.4, 0.5) is 0 Å². The zero-order valence-electron chi connectivity index (χ0n) is 41.5. The number of carbonyl (C=O) groups is 1. The van der Waals surface area contributed by atoms with E-state index in [1.807, 2.05) is 24.3 Å². The van der Waals surface area contributed by atoms with Gasteiger partial charge < -0.3 is 28.7 Å². The van der Waals surface area contributed by atoms with E-state index in [0.717, 1.165) is 17.5 Å². The van der Waals surface area contributed by atoms with Gasteiger partial charge in [0.1, 0.15) is 42.2 Å². The highest BCUT2D eigenvalue weighted by Crippen LogP contribution is 2.42. The number of halogens is 2. The van der Waals surface area contributed by atoms with Crippen molar-refractivity contribution in [2.75, 3.05) is 117 Å². The minimum atomic E-state index is -3.97. The average Bonchev–Trinajstić information content (AvgIpc) is 4.05. The zero-order valence-corrected chi connectivity index (χ0v) is 45.4. The molecule has 0 spiro atoms. The number of piperazine rings is 1. The molecule has 5 aliphatic rings. The van der Waals surface area contributed by atoms with Gasteiger partial charge in [-0.1, -0.05) is 47.5 Å². The van der Waals surface area contributed by atoms with Crippen LogP contribution in [-0.2, 0) is 44.2 Å². The van der Waals surface area contributed by atoms with Crippen molar-refractivity contribution in [3.8, 4) is 11.5 Å². The Hall–Kier alpha value is -4.88. The summed E-state index contributed by atoms with van der Waals surface area (Å²) < 4.78 is 110. The van der Waals surface area contributed by atoms with Crippen molar-refractivity contribution in [2.45, 2.75) is 41.9 Å². The standard InChI is InChI=1S/C50H61Cl2N8O11S3/c1-4-70-46-30-40(73(64,65)56-19-25-68-26-20-56)14-16-42(46)49-53-44(36-6-10-38(51)11-7-36)32-58(49)48-34-55(35-61)18-23-60(48,24-29-72(3,62)63)59-33-45(37-8-12-39(52)13-9-37)54-50(59)43-17-15-41(31-47(43)71-5-2)74(66,67)57-21-27-69-28-22-57/h6-17,30-31,35,44-45,48H,4-5,18-29,32-34H2,1-3H3/q+1/t44?,45?,48-,60+/m1/s1. The maximum atomic E-state index is 14.1. The summed E-state index contributed by atoms with van der Waals surface area (Å²) in [6.45, 7) is 6.85. The summed E-state index contributed by atoms with van der Waals surface area (Å²) in [5.74, 6) is 1.10. The topological polar surface area (TPSA) is 197 Å². The fourth-order valence-corrected chi connectivity index (χ4v) is 14.0. The Morgan fingerprint density at radius 1 is 0.649 bits per heavy atom. The summed E-state index contributed by atoms with van der Waals surface area (Å²) in [6, 6.07) is 23.1. The van der Waals surface area contributed by atoms with E-state index in [2.05, 4.69) is 9.91 Å². The maximum Gasteiger partial charge on any atom is 0.243 e. The molecule has 19 nitrogen and oxygen atoms in total. The van der Waals surface area contributed by atoms with Crippen molar-refractivity contribution in [1.29, 1.82) is 0 Å². The first-order chi connectivity index (χ1) is 35.4. The smallest absolute Gasteiger partial charge is 0.243 e. The molecule has 74 heavy (non-hydrogen) atoms. The van der Waals surface area contributed by atoms with Crippen LogP contribution in [0.25, 0.3) is 0 Å². The van der Waals surface area contributed by atoms with Crippen molar-refractivity contribution < 1.29 is 53.6 Å². The molecule has 5 heterocycles. The van der Waals surface area contributed by atoms with E-state index < -0.39 is 48.1 Å². The molecule has 4 atom stereocenters. The number of sulfone groups is 1. The van der Waals surface area contributed by atoms with Crippen molar-refractivity contribution in [3.63, 3.8) is 0 Å². The van der Waals surface area contributed by atoms with E-state index in [4.69, 9.17) is 52.1 Å². The number of morpholine rings is 2. The quantitative estimate of drug-likeness (QED) is 0.0982. The number of amides is 1. The molecule has 2 unspecified atom stereocenters. The summed E-state index contributed by atoms with van der Waals surface area (Å²) in [4.78, 5) is 27.7. The van der Waals surface area contributed by atoms with Crippen molar-refractivity contribution in [2.24, 2.45) is 9.98 Å². The summed E-state index contributed by atoms with van der Waals surface area (Å²) in [5.41, 5.74) is 2.61. The third kappa shape index (κ3) is 11.2. The van der Waals surface area contributed by atoms with Gasteiger partial charge in [-0.05, 0) is 73.5 Å². The molecule has 24 heteroatoms. The number of rotatable bonds is 18. The van der Waals surface area contributed by atoms with E-state index >= 15 is 0 Å². The van der Waals surface area contributed by atoms with Gasteiger partial charge in [-0.15, -0.1) is 0 Å². The molecule has 0 radical (unpaired) electrons. The van der Waals surface area contributed by atoms with E-state index in [0.29, 0.717) is 32.8 Å².